The second-order valence-electron chi connectivity index (χ2n) is 3.57. The van der Waals surface area contributed by atoms with E-state index in [4.69, 9.17) is 14.2 Å². The van der Waals surface area contributed by atoms with Crippen LogP contribution in [0, 0.1) is 0 Å². The number of hydrogen-bond donors (Lipinski definition) is 1. The molecule has 5 nitrogen and oxygen atoms in total. The molecule has 18 heavy (non-hydrogen) atoms. The van der Waals surface area contributed by atoms with Crippen LogP contribution < -0.4 is 5.30 Å². The predicted molar refractivity (Wildman–Crippen MR) is 68.3 cm³/mol. The van der Waals surface area contributed by atoms with E-state index in [-0.39, 0.29) is 19.6 Å². The molecular weight excluding hydrogens is 255 g/mol. The molecule has 0 aliphatic carbocycles. The monoisotopic (exact) mass is 272 g/mol. The van der Waals surface area contributed by atoms with Crippen LogP contribution in [0.25, 0.3) is 0 Å². The van der Waals surface area contributed by atoms with Crippen LogP contribution in [0.1, 0.15) is 19.4 Å². The quantitative estimate of drug-likeness (QED) is 0.770. The fourth-order valence-electron chi connectivity index (χ4n) is 1.50. The zero-order chi connectivity index (χ0) is 13.6. The molecule has 0 unspecified atom stereocenters. The molecule has 0 amide bonds. The summed E-state index contributed by atoms with van der Waals surface area (Å²) < 4.78 is 22.8. The molecule has 0 spiro atoms. The van der Waals surface area contributed by atoms with E-state index < -0.39 is 13.6 Å². The van der Waals surface area contributed by atoms with Crippen LogP contribution in [0.4, 0.5) is 0 Å². The molecule has 0 atom stereocenters. The van der Waals surface area contributed by atoms with Gasteiger partial charge in [0.2, 0.25) is 0 Å². The van der Waals surface area contributed by atoms with Gasteiger partial charge in [-0.05, 0) is 31.5 Å². The van der Waals surface area contributed by atoms with Crippen molar-refractivity contribution in [2.75, 3.05) is 13.2 Å². The zero-order valence-electron chi connectivity index (χ0n) is 10.5. The summed E-state index contributed by atoms with van der Waals surface area (Å²) in [6.07, 6.45) is -0.0617. The first-order chi connectivity index (χ1) is 8.51. The van der Waals surface area contributed by atoms with Gasteiger partial charge in [-0.1, -0.05) is 12.1 Å². The van der Waals surface area contributed by atoms with Crippen LogP contribution in [-0.4, -0.2) is 24.3 Å². The Morgan fingerprint density at radius 2 is 1.67 bits per heavy atom. The van der Waals surface area contributed by atoms with Gasteiger partial charge >= 0.3 is 13.6 Å². The van der Waals surface area contributed by atoms with Crippen molar-refractivity contribution in [3.05, 3.63) is 29.8 Å². The number of carboxylic acids is 1. The van der Waals surface area contributed by atoms with E-state index in [0.717, 1.165) is 0 Å². The highest BCUT2D eigenvalue weighted by Crippen LogP contribution is 2.46. The van der Waals surface area contributed by atoms with E-state index in [1.807, 2.05) is 0 Å². The molecule has 1 aromatic rings. The fraction of sp³-hybridized carbons (Fsp3) is 0.417. The maximum atomic E-state index is 12.4. The van der Waals surface area contributed by atoms with E-state index in [2.05, 4.69) is 0 Å². The highest BCUT2D eigenvalue weighted by molar-refractivity contribution is 7.62. The lowest BCUT2D eigenvalue weighted by atomic mass is 10.2. The first-order valence-electron chi connectivity index (χ1n) is 5.72. The SMILES string of the molecule is CCOP(=O)(OCC)c1ccc(CC(=O)O)cc1. The van der Waals surface area contributed by atoms with Crippen LogP contribution in [-0.2, 0) is 24.8 Å². The molecule has 0 fully saturated rings. The topological polar surface area (TPSA) is 72.8 Å². The lowest BCUT2D eigenvalue weighted by molar-refractivity contribution is -0.136. The minimum atomic E-state index is -3.27. The van der Waals surface area contributed by atoms with Crippen molar-refractivity contribution in [3.8, 4) is 0 Å². The van der Waals surface area contributed by atoms with Gasteiger partial charge in [0.15, 0.2) is 0 Å². The molecule has 100 valence electrons. The third-order valence-electron chi connectivity index (χ3n) is 2.21. The van der Waals surface area contributed by atoms with Crippen LogP contribution in [0.5, 0.6) is 0 Å². The normalized spacial score (nSPS) is 11.4. The number of carboxylic acid groups (broad SMARTS) is 1. The summed E-state index contributed by atoms with van der Waals surface area (Å²) in [5, 5.41) is 9.11. The summed E-state index contributed by atoms with van der Waals surface area (Å²) >= 11 is 0. The molecule has 1 rings (SSSR count). The molecule has 0 saturated heterocycles. The average Bonchev–Trinajstić information content (AvgIpc) is 2.29. The first kappa shape index (κ1) is 14.9. The van der Waals surface area contributed by atoms with Crippen LogP contribution >= 0.6 is 7.60 Å². The molecule has 0 heterocycles. The Balaban J connectivity index is 2.93. The molecule has 0 radical (unpaired) electrons. The minimum Gasteiger partial charge on any atom is -0.481 e. The largest absolute Gasteiger partial charge is 0.481 e. The molecule has 0 aromatic heterocycles. The first-order valence-corrected chi connectivity index (χ1v) is 7.26. The summed E-state index contributed by atoms with van der Waals surface area (Å²) in [5.41, 5.74) is 0.644. The Labute approximate surface area is 106 Å². The van der Waals surface area contributed by atoms with Crippen molar-refractivity contribution < 1.29 is 23.5 Å². The van der Waals surface area contributed by atoms with Crippen LogP contribution in [0.3, 0.4) is 0 Å². The third-order valence-corrected chi connectivity index (χ3v) is 4.33. The summed E-state index contributed by atoms with van der Waals surface area (Å²) in [6.45, 7) is 4.05. The Hall–Kier alpha value is -1.16. The van der Waals surface area contributed by atoms with Gasteiger partial charge in [-0.25, -0.2) is 0 Å². The van der Waals surface area contributed by atoms with Gasteiger partial charge < -0.3 is 14.2 Å². The van der Waals surface area contributed by atoms with Gasteiger partial charge in [0.05, 0.1) is 24.9 Å². The van der Waals surface area contributed by atoms with E-state index in [9.17, 15) is 9.36 Å². The van der Waals surface area contributed by atoms with Gasteiger partial charge in [-0.2, -0.15) is 0 Å². The number of rotatable bonds is 7. The van der Waals surface area contributed by atoms with Crippen molar-refractivity contribution >= 4 is 18.9 Å². The smallest absolute Gasteiger partial charge is 0.361 e. The molecule has 1 N–H and O–H groups in total. The van der Waals surface area contributed by atoms with Crippen molar-refractivity contribution in [1.82, 2.24) is 0 Å². The summed E-state index contributed by atoms with van der Waals surface area (Å²) in [4.78, 5) is 10.6. The zero-order valence-corrected chi connectivity index (χ0v) is 11.4. The standard InChI is InChI=1S/C12H17O5P/c1-3-16-18(15,17-4-2)11-7-5-10(6-8-11)9-12(13)14/h5-8H,3-4,9H2,1-2H3,(H,13,14). The van der Waals surface area contributed by atoms with Crippen molar-refractivity contribution in [3.63, 3.8) is 0 Å². The fourth-order valence-corrected chi connectivity index (χ4v) is 3.06. The minimum absolute atomic E-state index is 0.0617. The molecule has 6 heteroatoms. The third kappa shape index (κ3) is 3.95. The van der Waals surface area contributed by atoms with E-state index in [0.29, 0.717) is 10.9 Å². The van der Waals surface area contributed by atoms with Gasteiger partial charge in [0, 0.05) is 0 Å². The summed E-state index contributed by atoms with van der Waals surface area (Å²) in [6, 6.07) is 6.41. The van der Waals surface area contributed by atoms with Crippen LogP contribution in [0.2, 0.25) is 0 Å². The van der Waals surface area contributed by atoms with E-state index >= 15 is 0 Å². The summed E-state index contributed by atoms with van der Waals surface area (Å²) in [7, 11) is -3.27. The van der Waals surface area contributed by atoms with Crippen LogP contribution in [0.15, 0.2) is 24.3 Å². The molecular formula is C12H17O5P. The molecule has 0 aliphatic rings. The van der Waals surface area contributed by atoms with Crippen molar-refractivity contribution in [2.24, 2.45) is 0 Å². The second-order valence-corrected chi connectivity index (χ2v) is 5.60. The Morgan fingerprint density at radius 1 is 1.17 bits per heavy atom. The highest BCUT2D eigenvalue weighted by atomic mass is 31.2. The molecule has 0 aliphatic heterocycles. The van der Waals surface area contributed by atoms with E-state index in [1.165, 1.54) is 0 Å². The van der Waals surface area contributed by atoms with Gasteiger partial charge in [-0.15, -0.1) is 0 Å². The number of aliphatic carboxylic acids is 1. The lowest BCUT2D eigenvalue weighted by Crippen LogP contribution is -2.11. The second kappa shape index (κ2) is 6.69. The van der Waals surface area contributed by atoms with Crippen molar-refractivity contribution in [2.45, 2.75) is 20.3 Å². The number of carbonyl (C=O) groups is 1. The highest BCUT2D eigenvalue weighted by Gasteiger charge is 2.26. The molecule has 1 aromatic carbocycles. The number of hydrogen-bond acceptors (Lipinski definition) is 4. The summed E-state index contributed by atoms with van der Waals surface area (Å²) in [5.74, 6) is -0.902. The Bertz CT molecular complexity index is 430. The number of benzene rings is 1. The van der Waals surface area contributed by atoms with Crippen molar-refractivity contribution in [1.29, 1.82) is 0 Å². The lowest BCUT2D eigenvalue weighted by Gasteiger charge is -2.17. The maximum absolute atomic E-state index is 12.4. The van der Waals surface area contributed by atoms with Gasteiger partial charge in [0.1, 0.15) is 0 Å². The van der Waals surface area contributed by atoms with E-state index in [1.54, 1.807) is 38.1 Å². The Morgan fingerprint density at radius 3 is 2.06 bits per heavy atom. The molecule has 0 bridgehead atoms. The Kier molecular flexibility index (Phi) is 5.54. The predicted octanol–water partition coefficient (Wildman–Crippen LogP) is 2.21. The van der Waals surface area contributed by atoms with Gasteiger partial charge in [0.25, 0.3) is 0 Å². The average molecular weight is 272 g/mol. The molecule has 0 saturated carbocycles. The maximum Gasteiger partial charge on any atom is 0.361 e. The van der Waals surface area contributed by atoms with Gasteiger partial charge in [-0.3, -0.25) is 9.36 Å².